The Balaban J connectivity index is 1.76. The van der Waals surface area contributed by atoms with Gasteiger partial charge < -0.3 is 0 Å². The van der Waals surface area contributed by atoms with Gasteiger partial charge in [-0.15, -0.1) is 0 Å². The molecule has 0 spiro atoms. The Labute approximate surface area is 163 Å². The highest BCUT2D eigenvalue weighted by Gasteiger charge is 2.26. The van der Waals surface area contributed by atoms with E-state index in [9.17, 15) is 0 Å². The van der Waals surface area contributed by atoms with E-state index in [-0.39, 0.29) is 5.41 Å². The maximum atomic E-state index is 5.07. The summed E-state index contributed by atoms with van der Waals surface area (Å²) in [7, 11) is 0. The van der Waals surface area contributed by atoms with Gasteiger partial charge in [0.15, 0.2) is 0 Å². The summed E-state index contributed by atoms with van der Waals surface area (Å²) in [6.07, 6.45) is 4.49. The lowest BCUT2D eigenvalue weighted by Crippen LogP contribution is -2.11. The zero-order chi connectivity index (χ0) is 18.9. The summed E-state index contributed by atoms with van der Waals surface area (Å²) < 4.78 is 2.20. The molecular formula is C25H19N3. The standard InChI is InChI=1S/C25H19N3/c1-25(2)14-13-16-11-12-17(15-19(16)25)23-26-20-8-4-3-7-18(20)24-27-21-9-5-6-10-22(21)28(23)24/h3-15H,1-2H3. The summed E-state index contributed by atoms with van der Waals surface area (Å²) in [5.41, 5.74) is 7.80. The van der Waals surface area contributed by atoms with Crippen molar-refractivity contribution in [1.82, 2.24) is 14.4 Å². The highest BCUT2D eigenvalue weighted by Crippen LogP contribution is 2.38. The first-order valence-electron chi connectivity index (χ1n) is 9.62. The maximum absolute atomic E-state index is 5.07. The van der Waals surface area contributed by atoms with Gasteiger partial charge in [0.25, 0.3) is 0 Å². The van der Waals surface area contributed by atoms with Crippen molar-refractivity contribution < 1.29 is 0 Å². The Bertz CT molecular complexity index is 1440. The summed E-state index contributed by atoms with van der Waals surface area (Å²) in [6.45, 7) is 4.52. The van der Waals surface area contributed by atoms with E-state index in [0.717, 1.165) is 39.0 Å². The molecule has 2 heterocycles. The van der Waals surface area contributed by atoms with E-state index in [1.54, 1.807) is 0 Å². The van der Waals surface area contributed by atoms with Crippen LogP contribution in [-0.4, -0.2) is 14.4 Å². The molecule has 134 valence electrons. The molecule has 0 N–H and O–H groups in total. The van der Waals surface area contributed by atoms with Gasteiger partial charge in [-0.3, -0.25) is 4.40 Å². The van der Waals surface area contributed by atoms with Crippen molar-refractivity contribution >= 4 is 33.7 Å². The van der Waals surface area contributed by atoms with Gasteiger partial charge in [-0.2, -0.15) is 0 Å². The van der Waals surface area contributed by atoms with Gasteiger partial charge in [0.2, 0.25) is 0 Å². The lowest BCUT2D eigenvalue weighted by atomic mass is 9.86. The van der Waals surface area contributed by atoms with Crippen molar-refractivity contribution in [2.24, 2.45) is 0 Å². The number of allylic oxidation sites excluding steroid dienone is 1. The van der Waals surface area contributed by atoms with Crippen molar-refractivity contribution in [2.45, 2.75) is 19.3 Å². The Morgan fingerprint density at radius 1 is 0.821 bits per heavy atom. The third kappa shape index (κ3) is 2.04. The van der Waals surface area contributed by atoms with Crippen molar-refractivity contribution in [2.75, 3.05) is 0 Å². The van der Waals surface area contributed by atoms with Crippen LogP contribution in [0.5, 0.6) is 0 Å². The molecule has 3 aromatic carbocycles. The fourth-order valence-corrected chi connectivity index (χ4v) is 4.33. The van der Waals surface area contributed by atoms with Gasteiger partial charge in [-0.1, -0.05) is 62.4 Å². The predicted molar refractivity (Wildman–Crippen MR) is 115 cm³/mol. The third-order valence-electron chi connectivity index (χ3n) is 5.83. The second-order valence-electron chi connectivity index (χ2n) is 8.07. The number of benzene rings is 3. The monoisotopic (exact) mass is 361 g/mol. The van der Waals surface area contributed by atoms with Crippen LogP contribution < -0.4 is 0 Å². The zero-order valence-corrected chi connectivity index (χ0v) is 15.8. The minimum atomic E-state index is 0.0400. The molecule has 0 atom stereocenters. The highest BCUT2D eigenvalue weighted by molar-refractivity contribution is 5.98. The quantitative estimate of drug-likeness (QED) is 0.366. The fourth-order valence-electron chi connectivity index (χ4n) is 4.33. The molecule has 5 aromatic rings. The van der Waals surface area contributed by atoms with E-state index in [1.807, 2.05) is 18.2 Å². The average molecular weight is 361 g/mol. The van der Waals surface area contributed by atoms with Crippen LogP contribution in [0.1, 0.15) is 25.0 Å². The summed E-state index contributed by atoms with van der Waals surface area (Å²) in [5.74, 6) is 0.938. The van der Waals surface area contributed by atoms with E-state index >= 15 is 0 Å². The molecule has 0 bridgehead atoms. The fraction of sp³-hybridized carbons (Fsp3) is 0.120. The first-order valence-corrected chi connectivity index (χ1v) is 9.62. The second-order valence-corrected chi connectivity index (χ2v) is 8.07. The molecule has 0 amide bonds. The maximum Gasteiger partial charge on any atom is 0.149 e. The van der Waals surface area contributed by atoms with Crippen LogP contribution in [0.2, 0.25) is 0 Å². The third-order valence-corrected chi connectivity index (χ3v) is 5.83. The molecule has 6 rings (SSSR count). The van der Waals surface area contributed by atoms with Crippen LogP contribution in [0.4, 0.5) is 0 Å². The summed E-state index contributed by atoms with van der Waals surface area (Å²) in [6, 6.07) is 23.2. The van der Waals surface area contributed by atoms with E-state index < -0.39 is 0 Å². The topological polar surface area (TPSA) is 30.2 Å². The molecule has 1 aliphatic carbocycles. The van der Waals surface area contributed by atoms with E-state index in [1.165, 1.54) is 11.1 Å². The van der Waals surface area contributed by atoms with Crippen LogP contribution in [-0.2, 0) is 5.41 Å². The second kappa shape index (κ2) is 5.29. The summed E-state index contributed by atoms with van der Waals surface area (Å²) >= 11 is 0. The van der Waals surface area contributed by atoms with Gasteiger partial charge >= 0.3 is 0 Å². The van der Waals surface area contributed by atoms with Gasteiger partial charge in [0, 0.05) is 16.4 Å². The summed E-state index contributed by atoms with van der Waals surface area (Å²) in [5, 5.41) is 1.07. The minimum Gasteiger partial charge on any atom is -0.276 e. The smallest absolute Gasteiger partial charge is 0.149 e. The number of hydrogen-bond donors (Lipinski definition) is 0. The zero-order valence-electron chi connectivity index (χ0n) is 15.8. The number of para-hydroxylation sites is 3. The van der Waals surface area contributed by atoms with Crippen LogP contribution in [0.15, 0.2) is 72.8 Å². The minimum absolute atomic E-state index is 0.0400. The number of aromatic nitrogens is 3. The van der Waals surface area contributed by atoms with Crippen molar-refractivity contribution in [1.29, 1.82) is 0 Å². The predicted octanol–water partition coefficient (Wildman–Crippen LogP) is 6.01. The Hall–Kier alpha value is -3.46. The molecule has 1 aliphatic rings. The van der Waals surface area contributed by atoms with Crippen LogP contribution in [0, 0.1) is 0 Å². The molecule has 0 saturated carbocycles. The van der Waals surface area contributed by atoms with Gasteiger partial charge in [0.1, 0.15) is 11.5 Å². The van der Waals surface area contributed by atoms with E-state index in [2.05, 4.69) is 78.9 Å². The van der Waals surface area contributed by atoms with Crippen LogP contribution >= 0.6 is 0 Å². The molecule has 3 nitrogen and oxygen atoms in total. The molecule has 2 aromatic heterocycles. The van der Waals surface area contributed by atoms with Gasteiger partial charge in [-0.25, -0.2) is 9.97 Å². The van der Waals surface area contributed by atoms with Crippen LogP contribution in [0.3, 0.4) is 0 Å². The number of nitrogens with zero attached hydrogens (tertiary/aromatic N) is 3. The molecule has 0 saturated heterocycles. The summed E-state index contributed by atoms with van der Waals surface area (Å²) in [4.78, 5) is 10.0. The molecule has 0 unspecified atom stereocenters. The molecule has 3 heteroatoms. The molecule has 0 fully saturated rings. The first-order chi connectivity index (χ1) is 13.6. The molecular weight excluding hydrogens is 342 g/mol. The normalized spacial score (nSPS) is 14.9. The molecule has 28 heavy (non-hydrogen) atoms. The molecule has 0 aliphatic heterocycles. The van der Waals surface area contributed by atoms with Crippen molar-refractivity contribution in [3.63, 3.8) is 0 Å². The number of imidazole rings is 1. The number of fused-ring (bicyclic) bond motifs is 6. The Morgan fingerprint density at radius 2 is 1.61 bits per heavy atom. The van der Waals surface area contributed by atoms with Gasteiger partial charge in [-0.05, 0) is 41.5 Å². The SMILES string of the molecule is CC1(C)C=Cc2ccc(-c3nc4ccccc4c4nc5ccccc5n34)cc21. The average Bonchev–Trinajstić information content (AvgIpc) is 3.25. The van der Waals surface area contributed by atoms with Gasteiger partial charge in [0.05, 0.1) is 16.6 Å². The highest BCUT2D eigenvalue weighted by atomic mass is 15.1. The largest absolute Gasteiger partial charge is 0.276 e. The van der Waals surface area contributed by atoms with Crippen molar-refractivity contribution in [3.05, 3.63) is 83.9 Å². The number of hydrogen-bond acceptors (Lipinski definition) is 2. The first kappa shape index (κ1) is 15.6. The Morgan fingerprint density at radius 3 is 2.50 bits per heavy atom. The lowest BCUT2D eigenvalue weighted by Gasteiger charge is -2.19. The van der Waals surface area contributed by atoms with Crippen LogP contribution in [0.25, 0.3) is 45.0 Å². The van der Waals surface area contributed by atoms with Crippen molar-refractivity contribution in [3.8, 4) is 11.4 Å². The van der Waals surface area contributed by atoms with E-state index in [0.29, 0.717) is 0 Å². The van der Waals surface area contributed by atoms with E-state index in [4.69, 9.17) is 9.97 Å². The Kier molecular flexibility index (Phi) is 2.95. The molecule has 0 radical (unpaired) electrons. The number of rotatable bonds is 1. The lowest BCUT2D eigenvalue weighted by molar-refractivity contribution is 0.683.